The Hall–Kier alpha value is -1.79. The summed E-state index contributed by atoms with van der Waals surface area (Å²) in [6, 6.07) is 3.89. The number of nitrogens with two attached hydrogens (primary N) is 1. The number of sulfonamides is 1. The standard InChI is InChI=1S/C11H12F3N3O2S/c1-7(5-11(12,13)14)17-20(18,19)10-3-2-8(6-15)4-9(10)16/h2-4,7,17H,5,16H2,1H3. The van der Waals surface area contributed by atoms with E-state index in [2.05, 4.69) is 0 Å². The molecule has 0 fully saturated rings. The minimum Gasteiger partial charge on any atom is -0.398 e. The topological polar surface area (TPSA) is 96.0 Å². The van der Waals surface area contributed by atoms with E-state index in [1.807, 2.05) is 4.72 Å². The zero-order valence-electron chi connectivity index (χ0n) is 10.4. The molecule has 0 heterocycles. The lowest BCUT2D eigenvalue weighted by Gasteiger charge is -2.16. The van der Waals surface area contributed by atoms with Gasteiger partial charge in [0.1, 0.15) is 4.90 Å². The predicted molar refractivity (Wildman–Crippen MR) is 66.0 cm³/mol. The van der Waals surface area contributed by atoms with Crippen LogP contribution in [0.4, 0.5) is 18.9 Å². The second-order valence-electron chi connectivity index (χ2n) is 4.21. The molecule has 1 atom stereocenters. The molecule has 0 saturated heterocycles. The van der Waals surface area contributed by atoms with E-state index >= 15 is 0 Å². The first-order valence-corrected chi connectivity index (χ1v) is 6.92. The molecule has 1 rings (SSSR count). The molecule has 0 aliphatic heterocycles. The van der Waals surface area contributed by atoms with Crippen molar-refractivity contribution in [3.63, 3.8) is 0 Å². The number of rotatable bonds is 4. The number of nitrogens with zero attached hydrogens (tertiary/aromatic N) is 1. The molecule has 110 valence electrons. The summed E-state index contributed by atoms with van der Waals surface area (Å²) in [6.45, 7) is 1.10. The number of nitrogens with one attached hydrogen (secondary N) is 1. The van der Waals surface area contributed by atoms with Crippen LogP contribution in [0.1, 0.15) is 18.9 Å². The van der Waals surface area contributed by atoms with Gasteiger partial charge in [0.2, 0.25) is 10.0 Å². The Morgan fingerprint density at radius 3 is 2.50 bits per heavy atom. The van der Waals surface area contributed by atoms with Gasteiger partial charge < -0.3 is 5.73 Å². The Balaban J connectivity index is 2.98. The van der Waals surface area contributed by atoms with E-state index < -0.39 is 28.7 Å². The zero-order chi connectivity index (χ0) is 15.6. The molecule has 0 aromatic heterocycles. The first-order valence-electron chi connectivity index (χ1n) is 5.44. The fourth-order valence-corrected chi connectivity index (χ4v) is 2.94. The molecule has 0 aliphatic carbocycles. The van der Waals surface area contributed by atoms with Gasteiger partial charge in [-0.2, -0.15) is 18.4 Å². The zero-order valence-corrected chi connectivity index (χ0v) is 11.2. The van der Waals surface area contributed by atoms with Crippen LogP contribution in [0.25, 0.3) is 0 Å². The van der Waals surface area contributed by atoms with E-state index in [4.69, 9.17) is 11.0 Å². The molecule has 0 amide bonds. The Kier molecular flexibility index (Phi) is 4.62. The number of hydrogen-bond donors (Lipinski definition) is 2. The second-order valence-corrected chi connectivity index (χ2v) is 5.89. The summed E-state index contributed by atoms with van der Waals surface area (Å²) >= 11 is 0. The largest absolute Gasteiger partial charge is 0.398 e. The number of halogens is 3. The van der Waals surface area contributed by atoms with Gasteiger partial charge in [-0.3, -0.25) is 0 Å². The van der Waals surface area contributed by atoms with Crippen molar-refractivity contribution in [1.82, 2.24) is 4.72 Å². The van der Waals surface area contributed by atoms with Crippen molar-refractivity contribution in [2.75, 3.05) is 5.73 Å². The third kappa shape index (κ3) is 4.40. The van der Waals surface area contributed by atoms with Crippen LogP contribution in [0, 0.1) is 11.3 Å². The lowest BCUT2D eigenvalue weighted by atomic mass is 10.2. The maximum absolute atomic E-state index is 12.2. The van der Waals surface area contributed by atoms with Crippen molar-refractivity contribution in [3.8, 4) is 6.07 Å². The van der Waals surface area contributed by atoms with Gasteiger partial charge in [0.25, 0.3) is 0 Å². The van der Waals surface area contributed by atoms with Crippen LogP contribution in [0.2, 0.25) is 0 Å². The minimum absolute atomic E-state index is 0.157. The van der Waals surface area contributed by atoms with Gasteiger partial charge in [-0.05, 0) is 25.1 Å². The lowest BCUT2D eigenvalue weighted by molar-refractivity contribution is -0.137. The Bertz CT molecular complexity index is 635. The van der Waals surface area contributed by atoms with Crippen LogP contribution in [0.3, 0.4) is 0 Å². The smallest absolute Gasteiger partial charge is 0.390 e. The number of alkyl halides is 3. The molecular formula is C11H12F3N3O2S. The van der Waals surface area contributed by atoms with Crippen LogP contribution < -0.4 is 10.5 Å². The van der Waals surface area contributed by atoms with E-state index in [-0.39, 0.29) is 16.1 Å². The molecule has 1 aromatic carbocycles. The average Bonchev–Trinajstić information content (AvgIpc) is 2.24. The summed E-state index contributed by atoms with van der Waals surface area (Å²) in [7, 11) is -4.17. The van der Waals surface area contributed by atoms with Gasteiger partial charge >= 0.3 is 6.18 Å². The molecule has 0 aliphatic rings. The fraction of sp³-hybridized carbons (Fsp3) is 0.364. The number of nitriles is 1. The lowest BCUT2D eigenvalue weighted by Crippen LogP contribution is -2.36. The number of anilines is 1. The molecule has 0 spiro atoms. The molecule has 5 nitrogen and oxygen atoms in total. The van der Waals surface area contributed by atoms with Crippen molar-refractivity contribution in [3.05, 3.63) is 23.8 Å². The maximum atomic E-state index is 12.2. The normalized spacial score (nSPS) is 13.8. The van der Waals surface area contributed by atoms with E-state index in [0.717, 1.165) is 19.1 Å². The molecular weight excluding hydrogens is 295 g/mol. The van der Waals surface area contributed by atoms with Crippen molar-refractivity contribution in [2.45, 2.75) is 30.5 Å². The molecule has 0 saturated carbocycles. The van der Waals surface area contributed by atoms with Crippen LogP contribution in [-0.2, 0) is 10.0 Å². The highest BCUT2D eigenvalue weighted by atomic mass is 32.2. The van der Waals surface area contributed by atoms with Crippen LogP contribution in [0.5, 0.6) is 0 Å². The Labute approximate surface area is 114 Å². The SMILES string of the molecule is CC(CC(F)(F)F)NS(=O)(=O)c1ccc(C#N)cc1N. The minimum atomic E-state index is -4.47. The van der Waals surface area contributed by atoms with Gasteiger partial charge in [-0.15, -0.1) is 0 Å². The van der Waals surface area contributed by atoms with E-state index in [9.17, 15) is 21.6 Å². The monoisotopic (exact) mass is 307 g/mol. The average molecular weight is 307 g/mol. The Morgan fingerprint density at radius 2 is 2.05 bits per heavy atom. The fourth-order valence-electron chi connectivity index (χ4n) is 1.58. The number of hydrogen-bond acceptors (Lipinski definition) is 4. The summed E-state index contributed by atoms with van der Waals surface area (Å²) in [5, 5.41) is 8.63. The van der Waals surface area contributed by atoms with Crippen LogP contribution >= 0.6 is 0 Å². The highest BCUT2D eigenvalue weighted by Crippen LogP contribution is 2.24. The van der Waals surface area contributed by atoms with Gasteiger partial charge in [-0.1, -0.05) is 0 Å². The molecule has 20 heavy (non-hydrogen) atoms. The summed E-state index contributed by atoms with van der Waals surface area (Å²) in [4.78, 5) is -0.356. The molecule has 3 N–H and O–H groups in total. The quantitative estimate of drug-likeness (QED) is 0.828. The second kappa shape index (κ2) is 5.68. The Morgan fingerprint density at radius 1 is 1.45 bits per heavy atom. The van der Waals surface area contributed by atoms with Gasteiger partial charge in [-0.25, -0.2) is 13.1 Å². The van der Waals surface area contributed by atoms with Gasteiger partial charge in [0, 0.05) is 6.04 Å². The third-order valence-electron chi connectivity index (χ3n) is 2.32. The number of nitrogen functional groups attached to an aromatic ring is 1. The predicted octanol–water partition coefficient (Wildman–Crippen LogP) is 1.76. The molecule has 0 bridgehead atoms. The van der Waals surface area contributed by atoms with Crippen molar-refractivity contribution in [1.29, 1.82) is 5.26 Å². The highest BCUT2D eigenvalue weighted by Gasteiger charge is 2.32. The molecule has 0 radical (unpaired) electrons. The van der Waals surface area contributed by atoms with Crippen LogP contribution in [-0.4, -0.2) is 20.6 Å². The first-order chi connectivity index (χ1) is 9.05. The highest BCUT2D eigenvalue weighted by molar-refractivity contribution is 7.89. The first kappa shape index (κ1) is 16.3. The van der Waals surface area contributed by atoms with Crippen molar-refractivity contribution < 1.29 is 21.6 Å². The van der Waals surface area contributed by atoms with Crippen molar-refractivity contribution >= 4 is 15.7 Å². The van der Waals surface area contributed by atoms with E-state index in [1.165, 1.54) is 6.07 Å². The van der Waals surface area contributed by atoms with Gasteiger partial charge in [0.15, 0.2) is 0 Å². The molecule has 9 heteroatoms. The van der Waals surface area contributed by atoms with Gasteiger partial charge in [0.05, 0.1) is 23.7 Å². The summed E-state index contributed by atoms with van der Waals surface area (Å²) < 4.78 is 62.2. The van der Waals surface area contributed by atoms with Crippen LogP contribution in [0.15, 0.2) is 23.1 Å². The third-order valence-corrected chi connectivity index (χ3v) is 3.99. The molecule has 1 aromatic rings. The summed E-state index contributed by atoms with van der Waals surface area (Å²) in [5.74, 6) is 0. The van der Waals surface area contributed by atoms with Crippen molar-refractivity contribution in [2.24, 2.45) is 0 Å². The summed E-state index contributed by atoms with van der Waals surface area (Å²) in [5.41, 5.74) is 5.45. The maximum Gasteiger partial charge on any atom is 0.390 e. The summed E-state index contributed by atoms with van der Waals surface area (Å²) in [6.07, 6.45) is -5.76. The van der Waals surface area contributed by atoms with E-state index in [0.29, 0.717) is 0 Å². The molecule has 1 unspecified atom stereocenters. The number of benzene rings is 1. The van der Waals surface area contributed by atoms with E-state index in [1.54, 1.807) is 6.07 Å².